The van der Waals surface area contributed by atoms with Gasteiger partial charge in [0.15, 0.2) is 5.95 Å². The van der Waals surface area contributed by atoms with Crippen LogP contribution in [0.1, 0.15) is 115 Å². The number of amides is 1. The average Bonchev–Trinajstić information content (AvgIpc) is 3.46. The van der Waals surface area contributed by atoms with Crippen molar-refractivity contribution < 1.29 is 4.79 Å². The number of hydrogen-bond acceptors (Lipinski definition) is 5. The fourth-order valence-electron chi connectivity index (χ4n) is 4.21. The molecule has 0 saturated heterocycles. The summed E-state index contributed by atoms with van der Waals surface area (Å²) in [5, 5.41) is 11.4. The highest BCUT2D eigenvalue weighted by Gasteiger charge is 2.04. The topological polar surface area (TPSA) is 115 Å². The van der Waals surface area contributed by atoms with E-state index in [0.29, 0.717) is 25.5 Å². The minimum absolute atomic E-state index is 0. The standard InChI is InChI=1S/C26H47N7O.ClH/c1-2-3-4-5-6-7-8-9-10-11-15-18-25(34)28-19-20-33-22-24(31-32-33)17-14-12-13-16-23-21-29-26(27)30-23;/h21-22H,2-20H2,1H3,(H,28,34)(H3,27,29,30);1H. The van der Waals surface area contributed by atoms with Crippen molar-refractivity contribution in [1.29, 1.82) is 0 Å². The number of carbonyl (C=O) groups excluding carboxylic acids is 1. The number of anilines is 1. The van der Waals surface area contributed by atoms with Crippen LogP contribution in [0.2, 0.25) is 0 Å². The van der Waals surface area contributed by atoms with Crippen LogP contribution in [0.3, 0.4) is 0 Å². The molecule has 9 heteroatoms. The van der Waals surface area contributed by atoms with Crippen LogP contribution in [0.15, 0.2) is 12.4 Å². The lowest BCUT2D eigenvalue weighted by Gasteiger charge is -2.05. The van der Waals surface area contributed by atoms with Gasteiger partial charge in [-0.1, -0.05) is 82.8 Å². The highest BCUT2D eigenvalue weighted by molar-refractivity contribution is 5.85. The van der Waals surface area contributed by atoms with Crippen LogP contribution in [-0.4, -0.2) is 37.4 Å². The third-order valence-corrected chi connectivity index (χ3v) is 6.28. The van der Waals surface area contributed by atoms with E-state index in [1.54, 1.807) is 6.20 Å². The molecule has 0 aliphatic rings. The molecular formula is C26H48ClN7O. The molecule has 0 aromatic carbocycles. The summed E-state index contributed by atoms with van der Waals surface area (Å²) in [5.41, 5.74) is 7.69. The monoisotopic (exact) mass is 509 g/mol. The predicted molar refractivity (Wildman–Crippen MR) is 146 cm³/mol. The number of carbonyl (C=O) groups is 1. The van der Waals surface area contributed by atoms with Gasteiger partial charge in [0.25, 0.3) is 0 Å². The second-order valence-electron chi connectivity index (χ2n) is 9.46. The van der Waals surface area contributed by atoms with E-state index in [2.05, 4.69) is 32.5 Å². The Morgan fingerprint density at radius 3 is 2.23 bits per heavy atom. The molecule has 0 atom stereocenters. The summed E-state index contributed by atoms with van der Waals surface area (Å²) >= 11 is 0. The van der Waals surface area contributed by atoms with Gasteiger partial charge in [0, 0.05) is 24.9 Å². The van der Waals surface area contributed by atoms with Crippen LogP contribution in [-0.2, 0) is 24.2 Å². The van der Waals surface area contributed by atoms with E-state index >= 15 is 0 Å². The molecule has 0 saturated carbocycles. The number of unbranched alkanes of at least 4 members (excludes halogenated alkanes) is 12. The Labute approximate surface area is 218 Å². The summed E-state index contributed by atoms with van der Waals surface area (Å²) in [6.07, 6.45) is 23.9. The summed E-state index contributed by atoms with van der Waals surface area (Å²) in [4.78, 5) is 19.1. The second kappa shape index (κ2) is 20.1. The molecule has 0 aliphatic carbocycles. The van der Waals surface area contributed by atoms with E-state index in [0.717, 1.165) is 56.3 Å². The molecule has 1 amide bonds. The van der Waals surface area contributed by atoms with Crippen LogP contribution in [0, 0.1) is 0 Å². The minimum Gasteiger partial charge on any atom is -0.369 e. The zero-order valence-electron chi connectivity index (χ0n) is 21.8. The van der Waals surface area contributed by atoms with Gasteiger partial charge in [0.2, 0.25) is 5.91 Å². The number of aromatic nitrogens is 5. The lowest BCUT2D eigenvalue weighted by atomic mass is 10.1. The lowest BCUT2D eigenvalue weighted by Crippen LogP contribution is -2.27. The lowest BCUT2D eigenvalue weighted by molar-refractivity contribution is -0.121. The number of aromatic amines is 1. The number of nitrogens with one attached hydrogen (secondary N) is 2. The number of nitrogen functional groups attached to an aromatic ring is 1. The summed E-state index contributed by atoms with van der Waals surface area (Å²) in [5.74, 6) is 0.632. The molecule has 4 N–H and O–H groups in total. The van der Waals surface area contributed by atoms with Gasteiger partial charge in [0.1, 0.15) is 0 Å². The Balaban J connectivity index is 0.00000612. The molecular weight excluding hydrogens is 462 g/mol. The number of hydrogen-bond donors (Lipinski definition) is 3. The first-order valence-electron chi connectivity index (χ1n) is 13.6. The summed E-state index contributed by atoms with van der Waals surface area (Å²) in [6, 6.07) is 0. The Kier molecular flexibility index (Phi) is 17.8. The Morgan fingerprint density at radius 1 is 0.943 bits per heavy atom. The SMILES string of the molecule is CCCCCCCCCCCCCC(=O)NCCn1cc(CCCCCc2cnc(N)[nH]2)nn1.Cl. The van der Waals surface area contributed by atoms with E-state index < -0.39 is 0 Å². The Hall–Kier alpha value is -2.09. The highest BCUT2D eigenvalue weighted by Crippen LogP contribution is 2.12. The molecule has 0 aliphatic heterocycles. The fraction of sp³-hybridized carbons (Fsp3) is 0.769. The molecule has 0 bridgehead atoms. The molecule has 8 nitrogen and oxygen atoms in total. The first-order chi connectivity index (χ1) is 16.7. The fourth-order valence-corrected chi connectivity index (χ4v) is 4.21. The minimum atomic E-state index is 0. The number of nitrogens with zero attached hydrogens (tertiary/aromatic N) is 4. The maximum absolute atomic E-state index is 12.0. The van der Waals surface area contributed by atoms with Gasteiger partial charge in [0.05, 0.1) is 18.4 Å². The zero-order valence-corrected chi connectivity index (χ0v) is 22.6. The van der Waals surface area contributed by atoms with E-state index in [1.165, 1.54) is 57.8 Å². The van der Waals surface area contributed by atoms with Crippen molar-refractivity contribution in [3.63, 3.8) is 0 Å². The van der Waals surface area contributed by atoms with Crippen LogP contribution in [0.4, 0.5) is 5.95 Å². The van der Waals surface area contributed by atoms with E-state index in [-0.39, 0.29) is 18.3 Å². The third-order valence-electron chi connectivity index (χ3n) is 6.28. The van der Waals surface area contributed by atoms with Gasteiger partial charge in [-0.15, -0.1) is 17.5 Å². The number of rotatable bonds is 21. The van der Waals surface area contributed by atoms with Crippen molar-refractivity contribution >= 4 is 24.3 Å². The quantitative estimate of drug-likeness (QED) is 0.184. The van der Waals surface area contributed by atoms with Crippen molar-refractivity contribution in [3.05, 3.63) is 23.8 Å². The first-order valence-corrected chi connectivity index (χ1v) is 13.6. The third kappa shape index (κ3) is 15.5. The van der Waals surface area contributed by atoms with E-state index in [1.807, 2.05) is 10.9 Å². The zero-order chi connectivity index (χ0) is 24.3. The summed E-state index contributed by atoms with van der Waals surface area (Å²) in [7, 11) is 0. The maximum Gasteiger partial charge on any atom is 0.220 e. The largest absolute Gasteiger partial charge is 0.369 e. The number of imidazole rings is 1. The normalized spacial score (nSPS) is 10.9. The molecule has 2 aromatic rings. The Bertz CT molecular complexity index is 777. The van der Waals surface area contributed by atoms with Crippen LogP contribution < -0.4 is 11.1 Å². The molecule has 2 aromatic heterocycles. The molecule has 0 spiro atoms. The summed E-state index contributed by atoms with van der Waals surface area (Å²) in [6.45, 7) is 3.53. The average molecular weight is 510 g/mol. The van der Waals surface area contributed by atoms with Crippen LogP contribution in [0.25, 0.3) is 0 Å². The molecule has 35 heavy (non-hydrogen) atoms. The number of nitrogens with two attached hydrogens (primary N) is 1. The van der Waals surface area contributed by atoms with Gasteiger partial charge >= 0.3 is 0 Å². The van der Waals surface area contributed by atoms with Crippen molar-refractivity contribution in [3.8, 4) is 0 Å². The van der Waals surface area contributed by atoms with Gasteiger partial charge in [-0.05, 0) is 32.1 Å². The number of aryl methyl sites for hydroxylation is 2. The smallest absolute Gasteiger partial charge is 0.220 e. The molecule has 0 unspecified atom stereocenters. The van der Waals surface area contributed by atoms with E-state index in [9.17, 15) is 4.79 Å². The van der Waals surface area contributed by atoms with E-state index in [4.69, 9.17) is 5.73 Å². The molecule has 200 valence electrons. The number of H-pyrrole nitrogens is 1. The van der Waals surface area contributed by atoms with Crippen LogP contribution in [0.5, 0.6) is 0 Å². The van der Waals surface area contributed by atoms with Crippen LogP contribution >= 0.6 is 12.4 Å². The summed E-state index contributed by atoms with van der Waals surface area (Å²) < 4.78 is 1.82. The maximum atomic E-state index is 12.0. The molecule has 2 rings (SSSR count). The highest BCUT2D eigenvalue weighted by atomic mass is 35.5. The molecule has 0 fully saturated rings. The predicted octanol–water partition coefficient (Wildman–Crippen LogP) is 5.78. The first kappa shape index (κ1) is 30.9. The van der Waals surface area contributed by atoms with Gasteiger partial charge in [-0.3, -0.25) is 9.48 Å². The molecule has 0 radical (unpaired) electrons. The van der Waals surface area contributed by atoms with Crippen molar-refractivity contribution in [2.45, 2.75) is 123 Å². The van der Waals surface area contributed by atoms with Crippen molar-refractivity contribution in [2.75, 3.05) is 12.3 Å². The van der Waals surface area contributed by atoms with Gasteiger partial charge in [-0.2, -0.15) is 0 Å². The van der Waals surface area contributed by atoms with Crippen molar-refractivity contribution in [2.24, 2.45) is 0 Å². The van der Waals surface area contributed by atoms with Gasteiger partial charge < -0.3 is 16.0 Å². The molecule has 2 heterocycles. The Morgan fingerprint density at radius 2 is 1.57 bits per heavy atom. The van der Waals surface area contributed by atoms with Gasteiger partial charge in [-0.25, -0.2) is 4.98 Å². The second-order valence-corrected chi connectivity index (χ2v) is 9.46. The number of halogens is 1. The van der Waals surface area contributed by atoms with Crippen molar-refractivity contribution in [1.82, 2.24) is 30.3 Å².